The first-order chi connectivity index (χ1) is 9.58. The quantitative estimate of drug-likeness (QED) is 0.912. The van der Waals surface area contributed by atoms with Crippen molar-refractivity contribution < 1.29 is 9.53 Å². The topological polar surface area (TPSA) is 38.3 Å². The molecule has 20 heavy (non-hydrogen) atoms. The minimum atomic E-state index is -0.566. The van der Waals surface area contributed by atoms with Crippen molar-refractivity contribution >= 4 is 27.5 Å². The minimum Gasteiger partial charge on any atom is -0.481 e. The van der Waals surface area contributed by atoms with E-state index in [1.165, 1.54) is 0 Å². The number of anilines is 1. The molecule has 0 aliphatic carbocycles. The number of para-hydroxylation sites is 2. The summed E-state index contributed by atoms with van der Waals surface area (Å²) in [7, 11) is 0. The lowest BCUT2D eigenvalue weighted by Gasteiger charge is -2.16. The van der Waals surface area contributed by atoms with Gasteiger partial charge in [-0.1, -0.05) is 30.3 Å². The number of benzene rings is 2. The fourth-order valence-electron chi connectivity index (χ4n) is 1.73. The highest BCUT2D eigenvalue weighted by molar-refractivity contribution is 9.10. The molecule has 0 saturated carbocycles. The molecule has 0 spiro atoms. The van der Waals surface area contributed by atoms with Gasteiger partial charge in [-0.25, -0.2) is 0 Å². The molecule has 1 atom stereocenters. The van der Waals surface area contributed by atoms with Gasteiger partial charge in [0.15, 0.2) is 6.10 Å². The van der Waals surface area contributed by atoms with Crippen LogP contribution in [0.5, 0.6) is 5.75 Å². The molecule has 0 saturated heterocycles. The fraction of sp³-hybridized carbons (Fsp3) is 0.188. The normalized spacial score (nSPS) is 11.8. The van der Waals surface area contributed by atoms with Gasteiger partial charge in [-0.05, 0) is 53.5 Å². The Morgan fingerprint density at radius 1 is 1.15 bits per heavy atom. The Hall–Kier alpha value is -1.81. The number of rotatable bonds is 4. The summed E-state index contributed by atoms with van der Waals surface area (Å²) in [5.41, 5.74) is 1.74. The Kier molecular flexibility index (Phi) is 4.79. The summed E-state index contributed by atoms with van der Waals surface area (Å²) in [6, 6.07) is 15.1. The van der Waals surface area contributed by atoms with Gasteiger partial charge in [0.2, 0.25) is 0 Å². The van der Waals surface area contributed by atoms with E-state index in [0.29, 0.717) is 0 Å². The molecule has 2 aromatic rings. The number of amides is 1. The van der Waals surface area contributed by atoms with Gasteiger partial charge in [-0.2, -0.15) is 0 Å². The summed E-state index contributed by atoms with van der Waals surface area (Å²) in [6.07, 6.45) is -0.566. The zero-order chi connectivity index (χ0) is 14.5. The van der Waals surface area contributed by atoms with Crippen molar-refractivity contribution in [2.24, 2.45) is 0 Å². The molecule has 4 heteroatoms. The summed E-state index contributed by atoms with van der Waals surface area (Å²) in [4.78, 5) is 12.1. The van der Waals surface area contributed by atoms with E-state index in [4.69, 9.17) is 4.74 Å². The van der Waals surface area contributed by atoms with Crippen LogP contribution in [0.1, 0.15) is 12.5 Å². The molecule has 0 fully saturated rings. The minimum absolute atomic E-state index is 0.180. The average Bonchev–Trinajstić information content (AvgIpc) is 2.43. The monoisotopic (exact) mass is 333 g/mol. The van der Waals surface area contributed by atoms with E-state index in [-0.39, 0.29) is 5.91 Å². The van der Waals surface area contributed by atoms with E-state index in [9.17, 15) is 4.79 Å². The van der Waals surface area contributed by atoms with E-state index < -0.39 is 6.10 Å². The number of halogens is 1. The average molecular weight is 334 g/mol. The van der Waals surface area contributed by atoms with Gasteiger partial charge in [0, 0.05) is 4.47 Å². The number of aryl methyl sites for hydroxylation is 1. The first-order valence-electron chi connectivity index (χ1n) is 6.35. The first-order valence-corrected chi connectivity index (χ1v) is 7.15. The second-order valence-electron chi connectivity index (χ2n) is 4.49. The second kappa shape index (κ2) is 6.57. The van der Waals surface area contributed by atoms with Crippen molar-refractivity contribution in [1.82, 2.24) is 0 Å². The summed E-state index contributed by atoms with van der Waals surface area (Å²) in [5, 5.41) is 2.84. The van der Waals surface area contributed by atoms with Gasteiger partial charge in [-0.3, -0.25) is 4.79 Å². The maximum Gasteiger partial charge on any atom is 0.265 e. The van der Waals surface area contributed by atoms with Gasteiger partial charge >= 0.3 is 0 Å². The molecular formula is C16H16BrNO2. The van der Waals surface area contributed by atoms with Crippen LogP contribution in [-0.2, 0) is 4.79 Å². The van der Waals surface area contributed by atoms with Crippen molar-refractivity contribution in [1.29, 1.82) is 0 Å². The number of hydrogen-bond donors (Lipinski definition) is 1. The summed E-state index contributed by atoms with van der Waals surface area (Å²) in [6.45, 7) is 3.69. The Labute approximate surface area is 127 Å². The van der Waals surface area contributed by atoms with Crippen LogP contribution in [0.4, 0.5) is 5.69 Å². The maximum absolute atomic E-state index is 12.1. The molecule has 1 N–H and O–H groups in total. The highest BCUT2D eigenvalue weighted by Gasteiger charge is 2.16. The van der Waals surface area contributed by atoms with Gasteiger partial charge in [-0.15, -0.1) is 0 Å². The summed E-state index contributed by atoms with van der Waals surface area (Å²) >= 11 is 3.40. The van der Waals surface area contributed by atoms with E-state index in [1.807, 2.05) is 55.5 Å². The second-order valence-corrected chi connectivity index (χ2v) is 5.35. The number of carbonyl (C=O) groups is 1. The fourth-order valence-corrected chi connectivity index (χ4v) is 2.11. The highest BCUT2D eigenvalue weighted by Crippen LogP contribution is 2.22. The smallest absolute Gasteiger partial charge is 0.265 e. The SMILES string of the molecule is Cc1ccccc1O[C@H](C)C(=O)Nc1ccccc1Br. The van der Waals surface area contributed by atoms with E-state index in [2.05, 4.69) is 21.2 Å². The molecule has 0 radical (unpaired) electrons. The third-order valence-corrected chi connectivity index (χ3v) is 3.59. The number of hydrogen-bond acceptors (Lipinski definition) is 2. The van der Waals surface area contributed by atoms with Crippen LogP contribution >= 0.6 is 15.9 Å². The highest BCUT2D eigenvalue weighted by atomic mass is 79.9. The molecule has 3 nitrogen and oxygen atoms in total. The number of carbonyl (C=O) groups excluding carboxylic acids is 1. The lowest BCUT2D eigenvalue weighted by atomic mass is 10.2. The molecule has 2 rings (SSSR count). The van der Waals surface area contributed by atoms with Gasteiger partial charge in [0.05, 0.1) is 5.69 Å². The third-order valence-electron chi connectivity index (χ3n) is 2.90. The van der Waals surface area contributed by atoms with Crippen molar-refractivity contribution in [3.63, 3.8) is 0 Å². The maximum atomic E-state index is 12.1. The Balaban J connectivity index is 2.03. The lowest BCUT2D eigenvalue weighted by Crippen LogP contribution is -2.30. The third kappa shape index (κ3) is 3.61. The molecule has 0 heterocycles. The molecule has 0 unspecified atom stereocenters. The lowest BCUT2D eigenvalue weighted by molar-refractivity contribution is -0.122. The summed E-state index contributed by atoms with van der Waals surface area (Å²) < 4.78 is 6.54. The van der Waals surface area contributed by atoms with Crippen LogP contribution in [0, 0.1) is 6.92 Å². The molecule has 104 valence electrons. The van der Waals surface area contributed by atoms with Crippen LogP contribution in [-0.4, -0.2) is 12.0 Å². The van der Waals surface area contributed by atoms with Crippen LogP contribution in [0.25, 0.3) is 0 Å². The molecule has 0 aliphatic heterocycles. The zero-order valence-electron chi connectivity index (χ0n) is 11.4. The van der Waals surface area contributed by atoms with Crippen molar-refractivity contribution in [2.75, 3.05) is 5.32 Å². The Bertz CT molecular complexity index is 613. The van der Waals surface area contributed by atoms with Crippen LogP contribution < -0.4 is 10.1 Å². The van der Waals surface area contributed by atoms with Crippen LogP contribution in [0.15, 0.2) is 53.0 Å². The molecule has 0 aromatic heterocycles. The van der Waals surface area contributed by atoms with Crippen LogP contribution in [0.2, 0.25) is 0 Å². The van der Waals surface area contributed by atoms with Crippen LogP contribution in [0.3, 0.4) is 0 Å². The van der Waals surface area contributed by atoms with E-state index in [1.54, 1.807) is 6.92 Å². The van der Waals surface area contributed by atoms with Gasteiger partial charge in [0.1, 0.15) is 5.75 Å². The Morgan fingerprint density at radius 3 is 2.50 bits per heavy atom. The van der Waals surface area contributed by atoms with Gasteiger partial charge in [0.25, 0.3) is 5.91 Å². The molecule has 0 bridgehead atoms. The predicted octanol–water partition coefficient (Wildman–Crippen LogP) is 4.16. The zero-order valence-corrected chi connectivity index (χ0v) is 13.0. The molecule has 2 aromatic carbocycles. The van der Waals surface area contributed by atoms with Crippen molar-refractivity contribution in [3.05, 3.63) is 58.6 Å². The number of nitrogens with one attached hydrogen (secondary N) is 1. The predicted molar refractivity (Wildman–Crippen MR) is 84.0 cm³/mol. The summed E-state index contributed by atoms with van der Waals surface area (Å²) in [5.74, 6) is 0.544. The van der Waals surface area contributed by atoms with Gasteiger partial charge < -0.3 is 10.1 Å². The van der Waals surface area contributed by atoms with Crippen molar-refractivity contribution in [2.45, 2.75) is 20.0 Å². The van der Waals surface area contributed by atoms with E-state index in [0.717, 1.165) is 21.5 Å². The largest absolute Gasteiger partial charge is 0.481 e. The first kappa shape index (κ1) is 14.6. The number of ether oxygens (including phenoxy) is 1. The van der Waals surface area contributed by atoms with E-state index >= 15 is 0 Å². The standard InChI is InChI=1S/C16H16BrNO2/c1-11-7-3-6-10-15(11)20-12(2)16(19)18-14-9-5-4-8-13(14)17/h3-10,12H,1-2H3,(H,18,19)/t12-/m1/s1. The molecule has 0 aliphatic rings. The molecule has 1 amide bonds. The van der Waals surface area contributed by atoms with Crippen molar-refractivity contribution in [3.8, 4) is 5.75 Å². The molecular weight excluding hydrogens is 318 g/mol. The Morgan fingerprint density at radius 2 is 1.80 bits per heavy atom.